The number of fused-ring (bicyclic) bond motifs is 3. The van der Waals surface area contributed by atoms with E-state index in [-0.39, 0.29) is 5.56 Å². The summed E-state index contributed by atoms with van der Waals surface area (Å²) in [5.74, 6) is 0. The van der Waals surface area contributed by atoms with Crippen molar-refractivity contribution in [3.05, 3.63) is 58.1 Å². The van der Waals surface area contributed by atoms with Crippen molar-refractivity contribution in [2.75, 3.05) is 5.32 Å². The molecular formula is C20H17ClN4OS. The molecule has 1 aliphatic rings. The quantitative estimate of drug-likeness (QED) is 0.529. The van der Waals surface area contributed by atoms with Crippen molar-refractivity contribution in [2.24, 2.45) is 0 Å². The van der Waals surface area contributed by atoms with Crippen LogP contribution in [0.4, 0.5) is 5.69 Å². The van der Waals surface area contributed by atoms with Crippen LogP contribution in [0.3, 0.4) is 0 Å². The first kappa shape index (κ1) is 16.7. The van der Waals surface area contributed by atoms with Crippen molar-refractivity contribution in [1.29, 1.82) is 0 Å². The van der Waals surface area contributed by atoms with Gasteiger partial charge in [0.25, 0.3) is 5.56 Å². The molecule has 0 amide bonds. The smallest absolute Gasteiger partial charge is 0.289 e. The summed E-state index contributed by atoms with van der Waals surface area (Å²) in [6, 6.07) is 9.59. The molecule has 27 heavy (non-hydrogen) atoms. The fourth-order valence-corrected chi connectivity index (χ4v) is 4.96. The molecule has 0 saturated heterocycles. The Balaban J connectivity index is 1.68. The number of nitrogens with one attached hydrogen (secondary N) is 1. The Kier molecular flexibility index (Phi) is 4.10. The SMILES string of the molecule is O=c1c2sc3nccc(NC4CCCC4)c3c2cnn1-c1ccc(Cl)cc1. The number of anilines is 1. The molecule has 0 atom stereocenters. The van der Waals surface area contributed by atoms with Gasteiger partial charge in [0, 0.05) is 33.7 Å². The van der Waals surface area contributed by atoms with Crippen LogP contribution in [0.25, 0.3) is 26.0 Å². The van der Waals surface area contributed by atoms with Gasteiger partial charge in [0.1, 0.15) is 9.53 Å². The summed E-state index contributed by atoms with van der Waals surface area (Å²) in [4.78, 5) is 18.4. The number of hydrogen-bond donors (Lipinski definition) is 1. The molecule has 4 aromatic rings. The summed E-state index contributed by atoms with van der Waals surface area (Å²) in [5.41, 5.74) is 1.61. The van der Waals surface area contributed by atoms with Gasteiger partial charge in [-0.3, -0.25) is 4.79 Å². The topological polar surface area (TPSA) is 59.8 Å². The van der Waals surface area contributed by atoms with Crippen LogP contribution >= 0.6 is 22.9 Å². The molecule has 0 radical (unpaired) electrons. The van der Waals surface area contributed by atoms with Gasteiger partial charge in [-0.15, -0.1) is 11.3 Å². The summed E-state index contributed by atoms with van der Waals surface area (Å²) in [5, 5.41) is 10.5. The molecule has 0 spiro atoms. The van der Waals surface area contributed by atoms with E-state index in [0.717, 1.165) is 21.3 Å². The maximum absolute atomic E-state index is 13.1. The highest BCUT2D eigenvalue weighted by Gasteiger charge is 2.19. The summed E-state index contributed by atoms with van der Waals surface area (Å²) in [6.07, 6.45) is 8.49. The molecule has 1 N–H and O–H groups in total. The molecule has 0 aliphatic heterocycles. The average molecular weight is 397 g/mol. The Morgan fingerprint density at radius 2 is 1.93 bits per heavy atom. The zero-order valence-corrected chi connectivity index (χ0v) is 16.1. The molecule has 3 heterocycles. The van der Waals surface area contributed by atoms with E-state index in [1.807, 2.05) is 6.07 Å². The highest BCUT2D eigenvalue weighted by Crippen LogP contribution is 2.36. The predicted octanol–water partition coefficient (Wildman–Crippen LogP) is 5.00. The zero-order valence-electron chi connectivity index (χ0n) is 14.5. The number of aromatic nitrogens is 3. The van der Waals surface area contributed by atoms with E-state index in [9.17, 15) is 4.79 Å². The lowest BCUT2D eigenvalue weighted by molar-refractivity contribution is 0.756. The largest absolute Gasteiger partial charge is 0.382 e. The van der Waals surface area contributed by atoms with Gasteiger partial charge in [0.2, 0.25) is 0 Å². The minimum Gasteiger partial charge on any atom is -0.382 e. The van der Waals surface area contributed by atoms with Gasteiger partial charge < -0.3 is 5.32 Å². The van der Waals surface area contributed by atoms with Gasteiger partial charge in [-0.25, -0.2) is 4.98 Å². The Morgan fingerprint density at radius 1 is 1.15 bits per heavy atom. The fourth-order valence-electron chi connectivity index (χ4n) is 3.77. The molecular weight excluding hydrogens is 380 g/mol. The van der Waals surface area contributed by atoms with Crippen LogP contribution in [0.15, 0.2) is 47.5 Å². The predicted molar refractivity (Wildman–Crippen MR) is 111 cm³/mol. The number of benzene rings is 1. The normalized spacial score (nSPS) is 15.0. The van der Waals surface area contributed by atoms with Gasteiger partial charge in [-0.05, 0) is 43.2 Å². The lowest BCUT2D eigenvalue weighted by Gasteiger charge is -2.14. The summed E-state index contributed by atoms with van der Waals surface area (Å²) >= 11 is 7.38. The summed E-state index contributed by atoms with van der Waals surface area (Å²) in [7, 11) is 0. The lowest BCUT2D eigenvalue weighted by Crippen LogP contribution is -2.20. The van der Waals surface area contributed by atoms with Gasteiger partial charge in [0.15, 0.2) is 0 Å². The van der Waals surface area contributed by atoms with Crippen LogP contribution in [0, 0.1) is 0 Å². The number of rotatable bonds is 3. The number of nitrogens with zero attached hydrogens (tertiary/aromatic N) is 3. The maximum atomic E-state index is 13.1. The van der Waals surface area contributed by atoms with Gasteiger partial charge in [0.05, 0.1) is 11.9 Å². The second-order valence-electron chi connectivity index (χ2n) is 6.85. The molecule has 0 bridgehead atoms. The summed E-state index contributed by atoms with van der Waals surface area (Å²) in [6.45, 7) is 0. The van der Waals surface area contributed by atoms with Crippen molar-refractivity contribution >= 4 is 48.9 Å². The van der Waals surface area contributed by atoms with Crippen molar-refractivity contribution in [3.63, 3.8) is 0 Å². The van der Waals surface area contributed by atoms with Crippen LogP contribution < -0.4 is 10.9 Å². The van der Waals surface area contributed by atoms with Crippen LogP contribution in [0.1, 0.15) is 25.7 Å². The van der Waals surface area contributed by atoms with E-state index >= 15 is 0 Å². The molecule has 5 rings (SSSR count). The minimum absolute atomic E-state index is 0.135. The zero-order chi connectivity index (χ0) is 18.4. The van der Waals surface area contributed by atoms with Crippen molar-refractivity contribution < 1.29 is 0 Å². The van der Waals surface area contributed by atoms with Crippen LogP contribution in [0.5, 0.6) is 0 Å². The molecule has 5 nitrogen and oxygen atoms in total. The highest BCUT2D eigenvalue weighted by atomic mass is 35.5. The van der Waals surface area contributed by atoms with E-state index in [0.29, 0.717) is 21.5 Å². The number of hydrogen-bond acceptors (Lipinski definition) is 5. The van der Waals surface area contributed by atoms with Crippen molar-refractivity contribution in [2.45, 2.75) is 31.7 Å². The lowest BCUT2D eigenvalue weighted by atomic mass is 10.2. The molecule has 136 valence electrons. The average Bonchev–Trinajstić information content (AvgIpc) is 3.31. The number of pyridine rings is 1. The first-order valence-corrected chi connectivity index (χ1v) is 10.2. The first-order valence-electron chi connectivity index (χ1n) is 9.03. The third-order valence-electron chi connectivity index (χ3n) is 5.10. The molecule has 1 saturated carbocycles. The molecule has 1 aromatic carbocycles. The minimum atomic E-state index is -0.135. The van der Waals surface area contributed by atoms with Crippen molar-refractivity contribution in [3.8, 4) is 5.69 Å². The summed E-state index contributed by atoms with van der Waals surface area (Å²) < 4.78 is 2.08. The van der Waals surface area contributed by atoms with E-state index < -0.39 is 0 Å². The molecule has 1 aliphatic carbocycles. The second kappa shape index (κ2) is 6.62. The van der Waals surface area contributed by atoms with Gasteiger partial charge >= 0.3 is 0 Å². The number of thiophene rings is 1. The van der Waals surface area contributed by atoms with Crippen LogP contribution in [-0.2, 0) is 0 Å². The number of halogens is 1. The van der Waals surface area contributed by atoms with E-state index in [1.165, 1.54) is 41.7 Å². The van der Waals surface area contributed by atoms with E-state index in [1.54, 1.807) is 36.7 Å². The third kappa shape index (κ3) is 2.89. The van der Waals surface area contributed by atoms with Crippen molar-refractivity contribution in [1.82, 2.24) is 14.8 Å². The van der Waals surface area contributed by atoms with Gasteiger partial charge in [-0.2, -0.15) is 9.78 Å². The molecule has 1 fully saturated rings. The van der Waals surface area contributed by atoms with Crippen LogP contribution in [0.2, 0.25) is 5.02 Å². The molecule has 0 unspecified atom stereocenters. The fraction of sp³-hybridized carbons (Fsp3) is 0.250. The molecule has 3 aromatic heterocycles. The molecule has 7 heteroatoms. The monoisotopic (exact) mass is 396 g/mol. The first-order chi connectivity index (χ1) is 13.2. The Bertz CT molecular complexity index is 1190. The standard InChI is InChI=1S/C20H17ClN4OS/c21-12-5-7-14(8-6-12)25-20(26)18-15(11-23-25)17-16(9-10-22-19(17)27-18)24-13-3-1-2-4-13/h5-11,13H,1-4H2,(H,22,24). The highest BCUT2D eigenvalue weighted by molar-refractivity contribution is 7.25. The van der Waals surface area contributed by atoms with Crippen LogP contribution in [-0.4, -0.2) is 20.8 Å². The Morgan fingerprint density at radius 3 is 2.70 bits per heavy atom. The second-order valence-corrected chi connectivity index (χ2v) is 8.28. The van der Waals surface area contributed by atoms with E-state index in [4.69, 9.17) is 11.6 Å². The Labute approximate surface area is 164 Å². The Hall–Kier alpha value is -2.44. The van der Waals surface area contributed by atoms with Gasteiger partial charge in [-0.1, -0.05) is 24.4 Å². The van der Waals surface area contributed by atoms with E-state index in [2.05, 4.69) is 15.4 Å². The maximum Gasteiger partial charge on any atom is 0.289 e. The third-order valence-corrected chi connectivity index (χ3v) is 6.46.